The number of ether oxygens (including phenoxy) is 1. The van der Waals surface area contributed by atoms with Crippen molar-refractivity contribution in [1.82, 2.24) is 0 Å². The van der Waals surface area contributed by atoms with Gasteiger partial charge in [0.15, 0.2) is 6.10 Å². The quantitative estimate of drug-likeness (QED) is 0.793. The number of anilines is 2. The van der Waals surface area contributed by atoms with Gasteiger partial charge in [-0.2, -0.15) is 0 Å². The molecule has 1 aliphatic heterocycles. The zero-order valence-corrected chi connectivity index (χ0v) is 15.6. The van der Waals surface area contributed by atoms with Crippen LogP contribution in [0.2, 0.25) is 0 Å². The summed E-state index contributed by atoms with van der Waals surface area (Å²) in [6.07, 6.45) is -0.0351. The molecule has 0 fully saturated rings. The summed E-state index contributed by atoms with van der Waals surface area (Å²) < 4.78 is 5.46. The summed E-state index contributed by atoms with van der Waals surface area (Å²) in [5.74, 6) is -0.686. The molecule has 2 aromatic carbocycles. The van der Waals surface area contributed by atoms with Crippen LogP contribution in [-0.2, 0) is 16.0 Å². The monoisotopic (exact) mass is 352 g/mol. The van der Waals surface area contributed by atoms with Gasteiger partial charge in [0.1, 0.15) is 0 Å². The number of carbonyl (C=O) groups is 2. The Morgan fingerprint density at radius 3 is 2.62 bits per heavy atom. The van der Waals surface area contributed by atoms with Crippen LogP contribution < -0.4 is 9.80 Å². The second kappa shape index (κ2) is 7.20. The first-order valence-corrected chi connectivity index (χ1v) is 8.78. The Morgan fingerprint density at radius 1 is 1.15 bits per heavy atom. The minimum Gasteiger partial charge on any atom is -0.449 e. The highest BCUT2D eigenvalue weighted by Crippen LogP contribution is 2.32. The Balaban J connectivity index is 1.74. The van der Waals surface area contributed by atoms with Crippen LogP contribution in [-0.4, -0.2) is 38.1 Å². The molecule has 3 rings (SSSR count). The molecular weight excluding hydrogens is 328 g/mol. The fourth-order valence-corrected chi connectivity index (χ4v) is 3.29. The molecule has 0 saturated heterocycles. The van der Waals surface area contributed by atoms with Crippen molar-refractivity contribution in [2.45, 2.75) is 32.4 Å². The van der Waals surface area contributed by atoms with Crippen LogP contribution in [0.4, 0.5) is 11.4 Å². The van der Waals surface area contributed by atoms with E-state index in [1.807, 2.05) is 56.3 Å². The number of amides is 1. The maximum atomic E-state index is 12.9. The van der Waals surface area contributed by atoms with Crippen molar-refractivity contribution in [3.63, 3.8) is 0 Å². The summed E-state index contributed by atoms with van der Waals surface area (Å²) >= 11 is 0. The number of hydrogen-bond acceptors (Lipinski definition) is 4. The van der Waals surface area contributed by atoms with E-state index in [1.54, 1.807) is 30.0 Å². The van der Waals surface area contributed by atoms with Crippen molar-refractivity contribution in [2.75, 3.05) is 23.9 Å². The zero-order valence-electron chi connectivity index (χ0n) is 15.6. The number of nitrogens with zero attached hydrogens (tertiary/aromatic N) is 2. The van der Waals surface area contributed by atoms with Crippen LogP contribution >= 0.6 is 0 Å². The molecule has 0 spiro atoms. The Hall–Kier alpha value is -2.82. The van der Waals surface area contributed by atoms with Gasteiger partial charge in [0.2, 0.25) is 0 Å². The predicted octanol–water partition coefficient (Wildman–Crippen LogP) is 3.28. The van der Waals surface area contributed by atoms with E-state index in [9.17, 15) is 9.59 Å². The molecule has 0 bridgehead atoms. The standard InChI is InChI=1S/C21H24N2O3/c1-14-12-16-8-5-6-11-19(16)23(14)20(24)15(2)26-21(25)17-9-7-10-18(13-17)22(3)4/h5-11,13-15H,12H2,1-4H3/t14-,15-/m1/s1. The second-order valence-electron chi connectivity index (χ2n) is 6.88. The van der Waals surface area contributed by atoms with Crippen LogP contribution in [0.5, 0.6) is 0 Å². The zero-order chi connectivity index (χ0) is 18.8. The largest absolute Gasteiger partial charge is 0.449 e. The fourth-order valence-electron chi connectivity index (χ4n) is 3.29. The lowest BCUT2D eigenvalue weighted by atomic mass is 10.1. The molecule has 0 N–H and O–H groups in total. The number of para-hydroxylation sites is 1. The van der Waals surface area contributed by atoms with Gasteiger partial charge in [-0.3, -0.25) is 4.79 Å². The number of hydrogen-bond donors (Lipinski definition) is 0. The molecule has 0 saturated carbocycles. The predicted molar refractivity (Wildman–Crippen MR) is 103 cm³/mol. The molecule has 0 aliphatic carbocycles. The summed E-state index contributed by atoms with van der Waals surface area (Å²) in [6.45, 7) is 3.64. The number of esters is 1. The maximum absolute atomic E-state index is 12.9. The van der Waals surface area contributed by atoms with Gasteiger partial charge < -0.3 is 14.5 Å². The average Bonchev–Trinajstić information content (AvgIpc) is 2.96. The molecule has 2 atom stereocenters. The molecule has 136 valence electrons. The van der Waals surface area contributed by atoms with Gasteiger partial charge in [0.05, 0.1) is 5.56 Å². The molecule has 5 nitrogen and oxygen atoms in total. The van der Waals surface area contributed by atoms with E-state index in [0.717, 1.165) is 23.4 Å². The third kappa shape index (κ3) is 3.43. The normalized spacial score (nSPS) is 16.8. The lowest BCUT2D eigenvalue weighted by molar-refractivity contribution is -0.126. The van der Waals surface area contributed by atoms with Crippen LogP contribution in [0.15, 0.2) is 48.5 Å². The molecule has 0 radical (unpaired) electrons. The van der Waals surface area contributed by atoms with Gasteiger partial charge >= 0.3 is 5.97 Å². The van der Waals surface area contributed by atoms with Gasteiger partial charge in [-0.1, -0.05) is 24.3 Å². The van der Waals surface area contributed by atoms with Gasteiger partial charge in [0, 0.05) is 31.5 Å². The molecule has 5 heteroatoms. The molecule has 2 aromatic rings. The summed E-state index contributed by atoms with van der Waals surface area (Å²) in [5, 5.41) is 0. The first kappa shape index (κ1) is 18.0. The molecule has 0 unspecified atom stereocenters. The van der Waals surface area contributed by atoms with E-state index < -0.39 is 12.1 Å². The van der Waals surface area contributed by atoms with E-state index in [-0.39, 0.29) is 11.9 Å². The number of benzene rings is 2. The Kier molecular flexibility index (Phi) is 4.98. The first-order chi connectivity index (χ1) is 12.4. The maximum Gasteiger partial charge on any atom is 0.338 e. The van der Waals surface area contributed by atoms with Crippen LogP contribution in [0.1, 0.15) is 29.8 Å². The second-order valence-corrected chi connectivity index (χ2v) is 6.88. The number of fused-ring (bicyclic) bond motifs is 1. The highest BCUT2D eigenvalue weighted by atomic mass is 16.5. The van der Waals surface area contributed by atoms with E-state index in [4.69, 9.17) is 4.74 Å². The first-order valence-electron chi connectivity index (χ1n) is 8.78. The summed E-state index contributed by atoms with van der Waals surface area (Å²) in [6, 6.07) is 15.1. The van der Waals surface area contributed by atoms with Crippen molar-refractivity contribution < 1.29 is 14.3 Å². The summed E-state index contributed by atoms with van der Waals surface area (Å²) in [5.41, 5.74) is 3.39. The smallest absolute Gasteiger partial charge is 0.338 e. The summed E-state index contributed by atoms with van der Waals surface area (Å²) in [4.78, 5) is 29.0. The number of carbonyl (C=O) groups excluding carboxylic acids is 2. The molecule has 26 heavy (non-hydrogen) atoms. The van der Waals surface area contributed by atoms with Gasteiger partial charge in [-0.05, 0) is 50.1 Å². The average molecular weight is 352 g/mol. The Morgan fingerprint density at radius 2 is 1.88 bits per heavy atom. The van der Waals surface area contributed by atoms with E-state index in [1.165, 1.54) is 0 Å². The number of rotatable bonds is 4. The lowest BCUT2D eigenvalue weighted by Gasteiger charge is -2.26. The van der Waals surface area contributed by atoms with Crippen molar-refractivity contribution >= 4 is 23.3 Å². The highest BCUT2D eigenvalue weighted by molar-refractivity contribution is 6.01. The minimum absolute atomic E-state index is 0.0538. The van der Waals surface area contributed by atoms with Crippen molar-refractivity contribution in [3.8, 4) is 0 Å². The van der Waals surface area contributed by atoms with Gasteiger partial charge in [-0.25, -0.2) is 4.79 Å². The topological polar surface area (TPSA) is 49.9 Å². The molecular formula is C21H24N2O3. The molecule has 1 aliphatic rings. The van der Waals surface area contributed by atoms with Gasteiger partial charge in [-0.15, -0.1) is 0 Å². The minimum atomic E-state index is -0.848. The van der Waals surface area contributed by atoms with Crippen LogP contribution in [0, 0.1) is 0 Å². The Labute approximate surface area is 154 Å². The van der Waals surface area contributed by atoms with E-state index in [2.05, 4.69) is 0 Å². The fraction of sp³-hybridized carbons (Fsp3) is 0.333. The van der Waals surface area contributed by atoms with Crippen LogP contribution in [0.3, 0.4) is 0 Å². The molecule has 1 amide bonds. The third-order valence-electron chi connectivity index (χ3n) is 4.67. The summed E-state index contributed by atoms with van der Waals surface area (Å²) in [7, 11) is 3.81. The van der Waals surface area contributed by atoms with Crippen LogP contribution in [0.25, 0.3) is 0 Å². The van der Waals surface area contributed by atoms with Crippen molar-refractivity contribution in [3.05, 3.63) is 59.7 Å². The molecule has 1 heterocycles. The van der Waals surface area contributed by atoms with E-state index in [0.29, 0.717) is 5.56 Å². The highest BCUT2D eigenvalue weighted by Gasteiger charge is 2.34. The lowest BCUT2D eigenvalue weighted by Crippen LogP contribution is -2.43. The van der Waals surface area contributed by atoms with Gasteiger partial charge in [0.25, 0.3) is 5.91 Å². The SMILES string of the molecule is C[C@@H]1Cc2ccccc2N1C(=O)[C@@H](C)OC(=O)c1cccc(N(C)C)c1. The van der Waals surface area contributed by atoms with Crippen molar-refractivity contribution in [2.24, 2.45) is 0 Å². The Bertz CT molecular complexity index is 832. The van der Waals surface area contributed by atoms with Crippen molar-refractivity contribution in [1.29, 1.82) is 0 Å². The molecule has 0 aromatic heterocycles. The van der Waals surface area contributed by atoms with E-state index >= 15 is 0 Å². The third-order valence-corrected chi connectivity index (χ3v) is 4.67.